The highest BCUT2D eigenvalue weighted by molar-refractivity contribution is 7.99. The van der Waals surface area contributed by atoms with E-state index in [0.29, 0.717) is 18.2 Å². The molecule has 0 atom stereocenters. The fourth-order valence-electron chi connectivity index (χ4n) is 2.36. The molecule has 0 fully saturated rings. The molecular formula is C17H18FN5O2S. The van der Waals surface area contributed by atoms with Gasteiger partial charge in [-0.25, -0.2) is 4.39 Å². The van der Waals surface area contributed by atoms with Crippen molar-refractivity contribution in [3.8, 4) is 0 Å². The van der Waals surface area contributed by atoms with Crippen LogP contribution < -0.4 is 10.9 Å². The topological polar surface area (TPSA) is 81.3 Å². The van der Waals surface area contributed by atoms with Crippen LogP contribution in [0.3, 0.4) is 0 Å². The molecule has 0 bridgehead atoms. The highest BCUT2D eigenvalue weighted by atomic mass is 32.2. The summed E-state index contributed by atoms with van der Waals surface area (Å²) in [6.45, 7) is 2.93. The average Bonchev–Trinajstić information content (AvgIpc) is 3.06. The Hall–Kier alpha value is -2.68. The van der Waals surface area contributed by atoms with Crippen molar-refractivity contribution in [3.63, 3.8) is 0 Å². The summed E-state index contributed by atoms with van der Waals surface area (Å²) in [7, 11) is 0. The molecule has 0 saturated carbocycles. The molecule has 9 heteroatoms. The van der Waals surface area contributed by atoms with Gasteiger partial charge in [0.15, 0.2) is 5.16 Å². The monoisotopic (exact) mass is 375 g/mol. The molecule has 2 heterocycles. The Balaban J connectivity index is 1.77. The van der Waals surface area contributed by atoms with Crippen molar-refractivity contribution in [2.45, 2.75) is 25.0 Å². The van der Waals surface area contributed by atoms with Crippen LogP contribution in [0.2, 0.25) is 0 Å². The first-order valence-corrected chi connectivity index (χ1v) is 9.15. The van der Waals surface area contributed by atoms with Gasteiger partial charge in [0.1, 0.15) is 5.82 Å². The van der Waals surface area contributed by atoms with Gasteiger partial charge in [0.05, 0.1) is 12.3 Å². The number of nitrogens with zero attached hydrogens (tertiary/aromatic N) is 4. The maximum atomic E-state index is 13.0. The van der Waals surface area contributed by atoms with Crippen LogP contribution >= 0.6 is 11.8 Å². The van der Waals surface area contributed by atoms with E-state index in [2.05, 4.69) is 15.5 Å². The number of nitrogens with one attached hydrogen (secondary N) is 1. The van der Waals surface area contributed by atoms with Gasteiger partial charge in [0, 0.05) is 18.9 Å². The number of carbonyl (C=O) groups excluding carboxylic acids is 1. The lowest BCUT2D eigenvalue weighted by Crippen LogP contribution is -2.25. The summed E-state index contributed by atoms with van der Waals surface area (Å²) >= 11 is 1.22. The van der Waals surface area contributed by atoms with Crippen LogP contribution in [0, 0.1) is 5.82 Å². The summed E-state index contributed by atoms with van der Waals surface area (Å²) < 4.78 is 16.0. The van der Waals surface area contributed by atoms with Crippen molar-refractivity contribution in [3.05, 3.63) is 58.4 Å². The molecule has 0 aliphatic rings. The molecule has 26 heavy (non-hydrogen) atoms. The Morgan fingerprint density at radius 2 is 2.00 bits per heavy atom. The fourth-order valence-corrected chi connectivity index (χ4v) is 3.10. The second-order valence-electron chi connectivity index (χ2n) is 5.67. The second-order valence-corrected chi connectivity index (χ2v) is 6.61. The standard InChI is InChI=1S/C17H18FN5O2S/c1-2-7-19-14(24)11-26-17-21-20-15-16(25)22(8-9-23(15)17)10-12-3-5-13(18)6-4-12/h3-6,8-9H,2,7,10-11H2,1H3,(H,19,24). The first-order chi connectivity index (χ1) is 12.6. The molecule has 1 amide bonds. The Morgan fingerprint density at radius 1 is 1.23 bits per heavy atom. The zero-order valence-corrected chi connectivity index (χ0v) is 15.0. The summed E-state index contributed by atoms with van der Waals surface area (Å²) in [5.41, 5.74) is 0.692. The molecule has 1 N–H and O–H groups in total. The zero-order valence-electron chi connectivity index (χ0n) is 14.2. The van der Waals surface area contributed by atoms with Crippen molar-refractivity contribution in [2.75, 3.05) is 12.3 Å². The van der Waals surface area contributed by atoms with Crippen LogP contribution in [0.1, 0.15) is 18.9 Å². The molecule has 0 radical (unpaired) electrons. The quantitative estimate of drug-likeness (QED) is 0.636. The number of hydrogen-bond acceptors (Lipinski definition) is 5. The SMILES string of the molecule is CCCNC(=O)CSc1nnc2c(=O)n(Cc3ccc(F)cc3)ccn12. The fraction of sp³-hybridized carbons (Fsp3) is 0.294. The summed E-state index contributed by atoms with van der Waals surface area (Å²) in [4.78, 5) is 24.3. The summed E-state index contributed by atoms with van der Waals surface area (Å²) in [5, 5.41) is 11.2. The first-order valence-electron chi connectivity index (χ1n) is 8.16. The number of carbonyl (C=O) groups is 1. The second kappa shape index (κ2) is 8.13. The van der Waals surface area contributed by atoms with Gasteiger partial charge < -0.3 is 9.88 Å². The number of halogens is 1. The van der Waals surface area contributed by atoms with Gasteiger partial charge >= 0.3 is 0 Å². The van der Waals surface area contributed by atoms with Gasteiger partial charge in [-0.3, -0.25) is 14.0 Å². The van der Waals surface area contributed by atoms with Gasteiger partial charge in [-0.15, -0.1) is 10.2 Å². The number of aromatic nitrogens is 4. The van der Waals surface area contributed by atoms with Crippen LogP contribution in [-0.2, 0) is 11.3 Å². The Labute approximate surface area is 153 Å². The van der Waals surface area contributed by atoms with Crippen LogP contribution in [0.5, 0.6) is 0 Å². The lowest BCUT2D eigenvalue weighted by atomic mass is 10.2. The smallest absolute Gasteiger partial charge is 0.296 e. The van der Waals surface area contributed by atoms with Crippen molar-refractivity contribution >= 4 is 23.3 Å². The number of fused-ring (bicyclic) bond motifs is 1. The maximum absolute atomic E-state index is 13.0. The van der Waals surface area contributed by atoms with E-state index in [4.69, 9.17) is 0 Å². The number of hydrogen-bond donors (Lipinski definition) is 1. The summed E-state index contributed by atoms with van der Waals surface area (Å²) in [6, 6.07) is 5.97. The van der Waals surface area contributed by atoms with Gasteiger partial charge in [0.2, 0.25) is 11.6 Å². The zero-order chi connectivity index (χ0) is 18.5. The highest BCUT2D eigenvalue weighted by Crippen LogP contribution is 2.15. The minimum atomic E-state index is -0.321. The molecule has 0 aliphatic carbocycles. The number of thioether (sulfide) groups is 1. The van der Waals surface area contributed by atoms with Gasteiger partial charge in [-0.2, -0.15) is 0 Å². The van der Waals surface area contributed by atoms with Crippen molar-refractivity contribution < 1.29 is 9.18 Å². The predicted molar refractivity (Wildman–Crippen MR) is 96.8 cm³/mol. The van der Waals surface area contributed by atoms with E-state index in [1.807, 2.05) is 6.92 Å². The molecule has 0 saturated heterocycles. The average molecular weight is 375 g/mol. The molecule has 7 nitrogen and oxygen atoms in total. The largest absolute Gasteiger partial charge is 0.355 e. The number of rotatable bonds is 7. The van der Waals surface area contributed by atoms with Crippen LogP contribution in [0.4, 0.5) is 4.39 Å². The third-order valence-electron chi connectivity index (χ3n) is 3.68. The van der Waals surface area contributed by atoms with E-state index in [0.717, 1.165) is 12.0 Å². The minimum absolute atomic E-state index is 0.0850. The van der Waals surface area contributed by atoms with E-state index >= 15 is 0 Å². The van der Waals surface area contributed by atoms with Crippen LogP contribution in [0.15, 0.2) is 46.6 Å². The number of benzene rings is 1. The molecular weight excluding hydrogens is 357 g/mol. The lowest BCUT2D eigenvalue weighted by Gasteiger charge is -2.07. The molecule has 136 valence electrons. The predicted octanol–water partition coefficient (Wildman–Crippen LogP) is 1.70. The molecule has 0 unspecified atom stereocenters. The van der Waals surface area contributed by atoms with Crippen molar-refractivity contribution in [1.82, 2.24) is 24.5 Å². The molecule has 2 aromatic heterocycles. The van der Waals surface area contributed by atoms with Crippen LogP contribution in [0.25, 0.3) is 5.65 Å². The first kappa shape index (κ1) is 18.1. The van der Waals surface area contributed by atoms with E-state index in [1.165, 1.54) is 28.5 Å². The van der Waals surface area contributed by atoms with Crippen molar-refractivity contribution in [1.29, 1.82) is 0 Å². The van der Waals surface area contributed by atoms with Gasteiger partial charge in [0.25, 0.3) is 5.56 Å². The Bertz CT molecular complexity index is 967. The summed E-state index contributed by atoms with van der Waals surface area (Å²) in [6.07, 6.45) is 4.19. The number of amides is 1. The van der Waals surface area contributed by atoms with Gasteiger partial charge in [-0.1, -0.05) is 30.8 Å². The molecule has 0 spiro atoms. The van der Waals surface area contributed by atoms with Gasteiger partial charge in [-0.05, 0) is 24.1 Å². The highest BCUT2D eigenvalue weighted by Gasteiger charge is 2.13. The Kier molecular flexibility index (Phi) is 5.67. The maximum Gasteiger partial charge on any atom is 0.296 e. The minimum Gasteiger partial charge on any atom is -0.355 e. The third kappa shape index (κ3) is 4.10. The van der Waals surface area contributed by atoms with Crippen molar-refractivity contribution in [2.24, 2.45) is 0 Å². The Morgan fingerprint density at radius 3 is 2.73 bits per heavy atom. The molecule has 1 aromatic carbocycles. The third-order valence-corrected chi connectivity index (χ3v) is 4.63. The van der Waals surface area contributed by atoms with E-state index < -0.39 is 0 Å². The summed E-state index contributed by atoms with van der Waals surface area (Å²) in [5.74, 6) is -0.198. The molecule has 0 aliphatic heterocycles. The molecule has 3 aromatic rings. The molecule has 3 rings (SSSR count). The van der Waals surface area contributed by atoms with E-state index in [-0.39, 0.29) is 28.7 Å². The normalized spacial score (nSPS) is 11.0. The van der Waals surface area contributed by atoms with E-state index in [9.17, 15) is 14.0 Å². The van der Waals surface area contributed by atoms with E-state index in [1.54, 1.807) is 28.9 Å². The van der Waals surface area contributed by atoms with Crippen LogP contribution in [-0.4, -0.2) is 37.4 Å². The lowest BCUT2D eigenvalue weighted by molar-refractivity contribution is -0.118.